The maximum absolute atomic E-state index is 12.1. The van der Waals surface area contributed by atoms with Crippen LogP contribution in [0.2, 0.25) is 5.02 Å². The average molecular weight is 397 g/mol. The lowest BCUT2D eigenvalue weighted by Crippen LogP contribution is -2.12. The summed E-state index contributed by atoms with van der Waals surface area (Å²) in [4.78, 5) is 24.1. The number of halogens is 1. The van der Waals surface area contributed by atoms with Crippen LogP contribution in [0.5, 0.6) is 11.5 Å². The smallest absolute Gasteiger partial charge is 0.343 e. The second-order valence-electron chi connectivity index (χ2n) is 5.72. The zero-order valence-corrected chi connectivity index (χ0v) is 15.6. The SMILES string of the molecule is O=C(OCCOc1ccccc1)c1ccc(OC(=O)c2ccc(Cl)cc2)cc1. The quantitative estimate of drug-likeness (QED) is 0.326. The minimum Gasteiger partial charge on any atom is -0.490 e. The van der Waals surface area contributed by atoms with Crippen LogP contribution < -0.4 is 9.47 Å². The number of para-hydroxylation sites is 1. The van der Waals surface area contributed by atoms with Gasteiger partial charge in [0.05, 0.1) is 11.1 Å². The van der Waals surface area contributed by atoms with E-state index in [1.807, 2.05) is 30.3 Å². The maximum Gasteiger partial charge on any atom is 0.343 e. The summed E-state index contributed by atoms with van der Waals surface area (Å²) < 4.78 is 15.9. The molecule has 0 aliphatic rings. The molecule has 0 radical (unpaired) electrons. The second-order valence-corrected chi connectivity index (χ2v) is 6.15. The minimum atomic E-state index is -0.509. The summed E-state index contributed by atoms with van der Waals surface area (Å²) in [6.45, 7) is 0.383. The van der Waals surface area contributed by atoms with E-state index < -0.39 is 11.9 Å². The van der Waals surface area contributed by atoms with Crippen LogP contribution in [0, 0.1) is 0 Å². The van der Waals surface area contributed by atoms with Gasteiger partial charge in [-0.25, -0.2) is 9.59 Å². The number of esters is 2. The van der Waals surface area contributed by atoms with Crippen LogP contribution in [0.15, 0.2) is 78.9 Å². The van der Waals surface area contributed by atoms with E-state index in [9.17, 15) is 9.59 Å². The highest BCUT2D eigenvalue weighted by Gasteiger charge is 2.11. The lowest BCUT2D eigenvalue weighted by molar-refractivity contribution is 0.0450. The first-order chi connectivity index (χ1) is 13.6. The molecule has 0 spiro atoms. The Hall–Kier alpha value is -3.31. The monoisotopic (exact) mass is 396 g/mol. The Bertz CT molecular complexity index is 921. The lowest BCUT2D eigenvalue weighted by atomic mass is 10.2. The number of hydrogen-bond donors (Lipinski definition) is 0. The van der Waals surface area contributed by atoms with E-state index in [2.05, 4.69) is 0 Å². The first-order valence-corrected chi connectivity index (χ1v) is 8.92. The molecule has 0 heterocycles. The van der Waals surface area contributed by atoms with Gasteiger partial charge in [-0.15, -0.1) is 0 Å². The van der Waals surface area contributed by atoms with Gasteiger partial charge in [0.15, 0.2) is 0 Å². The van der Waals surface area contributed by atoms with Crippen LogP contribution in [0.4, 0.5) is 0 Å². The maximum atomic E-state index is 12.1. The zero-order chi connectivity index (χ0) is 19.8. The van der Waals surface area contributed by atoms with E-state index in [-0.39, 0.29) is 13.2 Å². The van der Waals surface area contributed by atoms with Crippen molar-refractivity contribution in [3.8, 4) is 11.5 Å². The van der Waals surface area contributed by atoms with Crippen LogP contribution >= 0.6 is 11.6 Å². The first-order valence-electron chi connectivity index (χ1n) is 8.54. The van der Waals surface area contributed by atoms with Gasteiger partial charge in [-0.05, 0) is 60.7 Å². The summed E-state index contributed by atoms with van der Waals surface area (Å²) >= 11 is 5.80. The minimum absolute atomic E-state index is 0.126. The van der Waals surface area contributed by atoms with Gasteiger partial charge in [0.2, 0.25) is 0 Å². The molecule has 3 aromatic rings. The Morgan fingerprint density at radius 2 is 1.29 bits per heavy atom. The van der Waals surface area contributed by atoms with Crippen molar-refractivity contribution in [2.75, 3.05) is 13.2 Å². The molecule has 0 atom stereocenters. The van der Waals surface area contributed by atoms with Crippen molar-refractivity contribution >= 4 is 23.5 Å². The number of carbonyl (C=O) groups is 2. The molecule has 0 saturated carbocycles. The molecule has 3 rings (SSSR count). The van der Waals surface area contributed by atoms with E-state index >= 15 is 0 Å². The van der Waals surface area contributed by atoms with Crippen molar-refractivity contribution in [3.05, 3.63) is 95.0 Å². The van der Waals surface area contributed by atoms with Crippen molar-refractivity contribution in [1.82, 2.24) is 0 Å². The molecular weight excluding hydrogens is 380 g/mol. The third kappa shape index (κ3) is 5.59. The van der Waals surface area contributed by atoms with Crippen molar-refractivity contribution in [3.63, 3.8) is 0 Å². The number of rotatable bonds is 7. The van der Waals surface area contributed by atoms with E-state index in [0.717, 1.165) is 0 Å². The van der Waals surface area contributed by atoms with Gasteiger partial charge >= 0.3 is 11.9 Å². The molecule has 6 heteroatoms. The molecule has 0 aliphatic heterocycles. The Balaban J connectivity index is 1.47. The van der Waals surface area contributed by atoms with Gasteiger partial charge < -0.3 is 14.2 Å². The predicted molar refractivity (Wildman–Crippen MR) is 105 cm³/mol. The summed E-state index contributed by atoms with van der Waals surface area (Å²) in [6, 6.07) is 21.8. The second kappa shape index (κ2) is 9.58. The normalized spacial score (nSPS) is 10.2. The average Bonchev–Trinajstić information content (AvgIpc) is 2.73. The van der Waals surface area contributed by atoms with Crippen LogP contribution in [-0.2, 0) is 4.74 Å². The molecule has 28 heavy (non-hydrogen) atoms. The first kappa shape index (κ1) is 19.5. The highest BCUT2D eigenvalue weighted by Crippen LogP contribution is 2.16. The zero-order valence-electron chi connectivity index (χ0n) is 14.8. The molecule has 0 aromatic heterocycles. The van der Waals surface area contributed by atoms with Gasteiger partial charge in [0, 0.05) is 5.02 Å². The van der Waals surface area contributed by atoms with Crippen LogP contribution in [0.25, 0.3) is 0 Å². The molecule has 5 nitrogen and oxygen atoms in total. The van der Waals surface area contributed by atoms with E-state index in [1.165, 1.54) is 24.3 Å². The predicted octanol–water partition coefficient (Wildman–Crippen LogP) is 4.80. The Morgan fingerprint density at radius 1 is 0.679 bits per heavy atom. The van der Waals surface area contributed by atoms with Gasteiger partial charge in [-0.1, -0.05) is 29.8 Å². The van der Waals surface area contributed by atoms with E-state index in [4.69, 9.17) is 25.8 Å². The van der Waals surface area contributed by atoms with Crippen molar-refractivity contribution in [2.24, 2.45) is 0 Å². The molecule has 0 saturated heterocycles. The number of benzene rings is 3. The fourth-order valence-corrected chi connectivity index (χ4v) is 2.43. The summed E-state index contributed by atoms with van der Waals surface area (Å²) in [5.41, 5.74) is 0.734. The number of ether oxygens (including phenoxy) is 3. The summed E-state index contributed by atoms with van der Waals surface area (Å²) in [7, 11) is 0. The molecule has 3 aromatic carbocycles. The van der Waals surface area contributed by atoms with Gasteiger partial charge in [0.25, 0.3) is 0 Å². The lowest BCUT2D eigenvalue weighted by Gasteiger charge is -2.08. The number of hydrogen-bond acceptors (Lipinski definition) is 5. The largest absolute Gasteiger partial charge is 0.490 e. The fourth-order valence-electron chi connectivity index (χ4n) is 2.30. The molecule has 0 N–H and O–H groups in total. The standard InChI is InChI=1S/C22H17ClO5/c23-18-10-6-17(7-11-18)22(25)28-20-12-8-16(9-13-20)21(24)27-15-14-26-19-4-2-1-3-5-19/h1-13H,14-15H2. The molecule has 142 valence electrons. The highest BCUT2D eigenvalue weighted by molar-refractivity contribution is 6.30. The van der Waals surface area contributed by atoms with E-state index in [0.29, 0.717) is 27.6 Å². The van der Waals surface area contributed by atoms with Crippen LogP contribution in [0.1, 0.15) is 20.7 Å². The van der Waals surface area contributed by atoms with E-state index in [1.54, 1.807) is 24.3 Å². The third-order valence-corrected chi connectivity index (χ3v) is 3.96. The van der Waals surface area contributed by atoms with Crippen molar-refractivity contribution in [1.29, 1.82) is 0 Å². The fraction of sp³-hybridized carbons (Fsp3) is 0.0909. The molecule has 0 aliphatic carbocycles. The summed E-state index contributed by atoms with van der Waals surface area (Å²) in [6.07, 6.45) is 0. The molecule has 0 unspecified atom stereocenters. The molecule has 0 fully saturated rings. The van der Waals surface area contributed by atoms with Gasteiger partial charge in [0.1, 0.15) is 24.7 Å². The topological polar surface area (TPSA) is 61.8 Å². The Kier molecular flexibility index (Phi) is 6.65. The van der Waals surface area contributed by atoms with Crippen LogP contribution in [0.3, 0.4) is 0 Å². The molecular formula is C22H17ClO5. The molecule has 0 amide bonds. The molecule has 0 bridgehead atoms. The third-order valence-electron chi connectivity index (χ3n) is 3.71. The van der Waals surface area contributed by atoms with Crippen molar-refractivity contribution < 1.29 is 23.8 Å². The highest BCUT2D eigenvalue weighted by atomic mass is 35.5. The van der Waals surface area contributed by atoms with Crippen molar-refractivity contribution in [2.45, 2.75) is 0 Å². The summed E-state index contributed by atoms with van der Waals surface area (Å²) in [5.74, 6) is 0.0478. The Morgan fingerprint density at radius 3 is 1.96 bits per heavy atom. The van der Waals surface area contributed by atoms with Gasteiger partial charge in [-0.2, -0.15) is 0 Å². The summed E-state index contributed by atoms with van der Waals surface area (Å²) in [5, 5.41) is 0.536. The van der Waals surface area contributed by atoms with Crippen LogP contribution in [-0.4, -0.2) is 25.2 Å². The Labute approximate surface area is 167 Å². The number of carbonyl (C=O) groups excluding carboxylic acids is 2. The van der Waals surface area contributed by atoms with Gasteiger partial charge in [-0.3, -0.25) is 0 Å².